The van der Waals surface area contributed by atoms with Gasteiger partial charge in [-0.3, -0.25) is 13.9 Å². The summed E-state index contributed by atoms with van der Waals surface area (Å²) >= 11 is 0. The van der Waals surface area contributed by atoms with Crippen LogP contribution in [0.2, 0.25) is 0 Å². The van der Waals surface area contributed by atoms with Crippen molar-refractivity contribution in [1.29, 1.82) is 0 Å². The van der Waals surface area contributed by atoms with Gasteiger partial charge in [-0.15, -0.1) is 0 Å². The van der Waals surface area contributed by atoms with Gasteiger partial charge in [0.1, 0.15) is 12.4 Å². The van der Waals surface area contributed by atoms with E-state index in [2.05, 4.69) is 15.5 Å². The van der Waals surface area contributed by atoms with E-state index >= 15 is 0 Å². The van der Waals surface area contributed by atoms with Gasteiger partial charge >= 0.3 is 5.69 Å². The number of nitrogens with one attached hydrogen (secondary N) is 1. The number of hydrogen-bond donors (Lipinski definition) is 1. The number of fused-ring (bicyclic) bond motifs is 1. The molecule has 0 spiro atoms. The molecule has 4 aromatic rings. The second-order valence-electron chi connectivity index (χ2n) is 7.27. The quantitative estimate of drug-likeness (QED) is 0.358. The van der Waals surface area contributed by atoms with Crippen molar-refractivity contribution >= 4 is 23.3 Å². The molecule has 0 bridgehead atoms. The molecular formula is C23H24N6O3. The molecule has 0 aliphatic heterocycles. The fourth-order valence-corrected chi connectivity index (χ4v) is 3.40. The number of benzene rings is 2. The molecule has 1 N–H and O–H groups in total. The van der Waals surface area contributed by atoms with Crippen LogP contribution in [0.5, 0.6) is 5.75 Å². The molecule has 9 heteroatoms. The molecule has 0 fully saturated rings. The highest BCUT2D eigenvalue weighted by atomic mass is 16.5. The fraction of sp³-hybridized carbons (Fsp3) is 0.217. The van der Waals surface area contributed by atoms with Crippen LogP contribution in [0, 0.1) is 0 Å². The smallest absolute Gasteiger partial charge is 0.332 e. The van der Waals surface area contributed by atoms with E-state index in [0.29, 0.717) is 30.3 Å². The number of rotatable bonds is 7. The Morgan fingerprint density at radius 1 is 1.03 bits per heavy atom. The second kappa shape index (κ2) is 8.93. The monoisotopic (exact) mass is 432 g/mol. The van der Waals surface area contributed by atoms with Gasteiger partial charge in [0.15, 0.2) is 11.2 Å². The van der Waals surface area contributed by atoms with Crippen molar-refractivity contribution in [2.24, 2.45) is 19.2 Å². The normalized spacial score (nSPS) is 11.3. The van der Waals surface area contributed by atoms with E-state index in [1.165, 1.54) is 11.6 Å². The van der Waals surface area contributed by atoms with Crippen LogP contribution in [0.1, 0.15) is 18.1 Å². The molecule has 2 aromatic heterocycles. The Labute approximate surface area is 184 Å². The summed E-state index contributed by atoms with van der Waals surface area (Å²) in [6.07, 6.45) is 1.65. The third-order valence-corrected chi connectivity index (χ3v) is 5.17. The third-order valence-electron chi connectivity index (χ3n) is 5.17. The summed E-state index contributed by atoms with van der Waals surface area (Å²) in [7, 11) is 3.04. The van der Waals surface area contributed by atoms with Gasteiger partial charge in [-0.2, -0.15) is 10.1 Å². The first-order chi connectivity index (χ1) is 15.5. The molecule has 0 amide bonds. The van der Waals surface area contributed by atoms with Crippen molar-refractivity contribution in [3.8, 4) is 5.75 Å². The first kappa shape index (κ1) is 21.1. The summed E-state index contributed by atoms with van der Waals surface area (Å²) in [5.74, 6) is 1.16. The van der Waals surface area contributed by atoms with Crippen molar-refractivity contribution in [2.45, 2.75) is 20.1 Å². The summed E-state index contributed by atoms with van der Waals surface area (Å²) in [6.45, 7) is 2.90. The molecule has 0 saturated heterocycles. The lowest BCUT2D eigenvalue weighted by atomic mass is 10.2. The number of aryl methyl sites for hydroxylation is 2. The van der Waals surface area contributed by atoms with Crippen LogP contribution in [-0.2, 0) is 27.2 Å². The molecular weight excluding hydrogens is 408 g/mol. The average Bonchev–Trinajstić information content (AvgIpc) is 3.20. The summed E-state index contributed by atoms with van der Waals surface area (Å²) in [6, 6.07) is 17.5. The SMILES string of the molecule is CCn1c(N/N=C\c2ccc(OCc3ccccc3)cc2)nc2c1c(=O)n(C)c(=O)n2C. The summed E-state index contributed by atoms with van der Waals surface area (Å²) in [5, 5.41) is 4.25. The van der Waals surface area contributed by atoms with Crippen molar-refractivity contribution in [3.63, 3.8) is 0 Å². The third kappa shape index (κ3) is 4.04. The van der Waals surface area contributed by atoms with Crippen LogP contribution in [0.15, 0.2) is 69.3 Å². The minimum atomic E-state index is -0.423. The van der Waals surface area contributed by atoms with E-state index in [-0.39, 0.29) is 5.56 Å². The Morgan fingerprint density at radius 2 is 1.75 bits per heavy atom. The number of hydrazone groups is 1. The van der Waals surface area contributed by atoms with Crippen molar-refractivity contribution < 1.29 is 4.74 Å². The van der Waals surface area contributed by atoms with E-state index < -0.39 is 5.69 Å². The molecule has 4 rings (SSSR count). The van der Waals surface area contributed by atoms with Crippen molar-refractivity contribution in [1.82, 2.24) is 18.7 Å². The van der Waals surface area contributed by atoms with Gasteiger partial charge in [-0.25, -0.2) is 10.2 Å². The number of ether oxygens (including phenoxy) is 1. The predicted molar refractivity (Wildman–Crippen MR) is 124 cm³/mol. The van der Waals surface area contributed by atoms with Crippen LogP contribution in [0.25, 0.3) is 11.2 Å². The highest BCUT2D eigenvalue weighted by Crippen LogP contribution is 2.16. The lowest BCUT2D eigenvalue weighted by Crippen LogP contribution is -2.37. The average molecular weight is 432 g/mol. The van der Waals surface area contributed by atoms with Crippen LogP contribution < -0.4 is 21.4 Å². The summed E-state index contributed by atoms with van der Waals surface area (Å²) < 4.78 is 9.92. The Hall–Kier alpha value is -4.14. The Balaban J connectivity index is 1.49. The molecule has 0 atom stereocenters. The van der Waals surface area contributed by atoms with Gasteiger partial charge in [0.2, 0.25) is 5.95 Å². The highest BCUT2D eigenvalue weighted by Gasteiger charge is 2.17. The van der Waals surface area contributed by atoms with E-state index in [9.17, 15) is 9.59 Å². The molecule has 0 aliphatic carbocycles. The maximum Gasteiger partial charge on any atom is 0.332 e. The van der Waals surface area contributed by atoms with E-state index in [4.69, 9.17) is 4.74 Å². The van der Waals surface area contributed by atoms with Crippen LogP contribution in [0.4, 0.5) is 5.95 Å². The molecule has 0 unspecified atom stereocenters. The molecule has 0 aliphatic rings. The van der Waals surface area contributed by atoms with E-state index in [1.54, 1.807) is 17.8 Å². The van der Waals surface area contributed by atoms with Gasteiger partial charge in [0.05, 0.1) is 6.21 Å². The van der Waals surface area contributed by atoms with Crippen LogP contribution >= 0.6 is 0 Å². The zero-order chi connectivity index (χ0) is 22.7. The Morgan fingerprint density at radius 3 is 2.44 bits per heavy atom. The Kier molecular flexibility index (Phi) is 5.89. The second-order valence-corrected chi connectivity index (χ2v) is 7.27. The molecule has 32 heavy (non-hydrogen) atoms. The topological polar surface area (TPSA) is 95.4 Å². The maximum atomic E-state index is 12.6. The molecule has 0 saturated carbocycles. The largest absolute Gasteiger partial charge is 0.489 e. The zero-order valence-electron chi connectivity index (χ0n) is 18.1. The number of imidazole rings is 1. The first-order valence-electron chi connectivity index (χ1n) is 10.2. The zero-order valence-corrected chi connectivity index (χ0v) is 18.1. The standard InChI is InChI=1S/C23H24N6O3/c1-4-29-19-20(27(2)23(31)28(3)21(19)30)25-22(29)26-24-14-16-10-12-18(13-11-16)32-15-17-8-6-5-7-9-17/h5-14H,4,15H2,1-3H3,(H,25,26)/b24-14-. The summed E-state index contributed by atoms with van der Waals surface area (Å²) in [5.41, 5.74) is 4.72. The molecule has 2 aromatic carbocycles. The molecule has 0 radical (unpaired) electrons. The van der Waals surface area contributed by atoms with Gasteiger partial charge in [-0.05, 0) is 42.3 Å². The Bertz CT molecular complexity index is 1380. The maximum absolute atomic E-state index is 12.6. The van der Waals surface area contributed by atoms with Gasteiger partial charge in [-0.1, -0.05) is 30.3 Å². The summed E-state index contributed by atoms with van der Waals surface area (Å²) in [4.78, 5) is 29.2. The molecule has 2 heterocycles. The minimum absolute atomic E-state index is 0.317. The first-order valence-corrected chi connectivity index (χ1v) is 10.2. The lowest BCUT2D eigenvalue weighted by molar-refractivity contribution is 0.306. The lowest BCUT2D eigenvalue weighted by Gasteiger charge is -2.06. The highest BCUT2D eigenvalue weighted by molar-refractivity contribution is 5.80. The van der Waals surface area contributed by atoms with Gasteiger partial charge < -0.3 is 9.30 Å². The number of aromatic nitrogens is 4. The van der Waals surface area contributed by atoms with Gasteiger partial charge in [0.25, 0.3) is 5.56 Å². The van der Waals surface area contributed by atoms with Crippen LogP contribution in [-0.4, -0.2) is 24.9 Å². The molecule has 164 valence electrons. The van der Waals surface area contributed by atoms with Crippen molar-refractivity contribution in [3.05, 3.63) is 86.6 Å². The van der Waals surface area contributed by atoms with Crippen LogP contribution in [0.3, 0.4) is 0 Å². The fourth-order valence-electron chi connectivity index (χ4n) is 3.40. The van der Waals surface area contributed by atoms with Gasteiger partial charge in [0, 0.05) is 20.6 Å². The number of anilines is 1. The van der Waals surface area contributed by atoms with Crippen molar-refractivity contribution in [2.75, 3.05) is 5.43 Å². The number of nitrogens with zero attached hydrogens (tertiary/aromatic N) is 5. The minimum Gasteiger partial charge on any atom is -0.489 e. The molecule has 9 nitrogen and oxygen atoms in total. The predicted octanol–water partition coefficient (Wildman–Crippen LogP) is 2.48. The van der Waals surface area contributed by atoms with E-state index in [0.717, 1.165) is 21.4 Å². The number of hydrogen-bond acceptors (Lipinski definition) is 6. The van der Waals surface area contributed by atoms with E-state index in [1.807, 2.05) is 61.5 Å².